The van der Waals surface area contributed by atoms with Crippen LogP contribution in [0.3, 0.4) is 0 Å². The third kappa shape index (κ3) is 4.63. The van der Waals surface area contributed by atoms with E-state index in [0.29, 0.717) is 37.7 Å². The largest absolute Gasteiger partial charge is 0.334 e. The van der Waals surface area contributed by atoms with E-state index < -0.39 is 0 Å². The van der Waals surface area contributed by atoms with Gasteiger partial charge in [-0.05, 0) is 30.5 Å². The van der Waals surface area contributed by atoms with Crippen LogP contribution in [-0.4, -0.2) is 54.3 Å². The average Bonchev–Trinajstić information content (AvgIpc) is 3.20. The number of hydrogen-bond donors (Lipinski definition) is 1. The number of benzene rings is 1. The second-order valence-corrected chi connectivity index (χ2v) is 7.82. The van der Waals surface area contributed by atoms with Gasteiger partial charge in [0.25, 0.3) is 11.8 Å². The van der Waals surface area contributed by atoms with E-state index in [0.717, 1.165) is 10.4 Å². The number of thiophene rings is 1. The zero-order chi connectivity index (χ0) is 18.5. The van der Waals surface area contributed by atoms with Crippen molar-refractivity contribution in [3.05, 3.63) is 57.2 Å². The monoisotopic (exact) mass is 392 g/mol. The van der Waals surface area contributed by atoms with E-state index in [4.69, 9.17) is 11.6 Å². The normalized spacial score (nSPS) is 15.8. The van der Waals surface area contributed by atoms with E-state index >= 15 is 0 Å². The molecule has 1 aromatic carbocycles. The molecule has 0 spiro atoms. The first-order valence-corrected chi connectivity index (χ1v) is 9.99. The standard InChI is InChI=1S/C19H22ClN3O2S/c1-14(15-4-2-5-16(20)12-15)21-13-18(24)22-7-9-23(10-8-22)19(25)17-6-3-11-26-17/h2-6,11-12,14,21H,7-10,13H2,1H3/p+1/t14-/m1/s1. The van der Waals surface area contributed by atoms with Gasteiger partial charge in [-0.2, -0.15) is 0 Å². The van der Waals surface area contributed by atoms with Gasteiger partial charge in [0.05, 0.1) is 4.88 Å². The second kappa shape index (κ2) is 8.66. The van der Waals surface area contributed by atoms with E-state index in [9.17, 15) is 9.59 Å². The Kier molecular flexibility index (Phi) is 6.29. The van der Waals surface area contributed by atoms with Crippen LogP contribution >= 0.6 is 22.9 Å². The van der Waals surface area contributed by atoms with Gasteiger partial charge in [0.1, 0.15) is 6.04 Å². The smallest absolute Gasteiger partial charge is 0.277 e. The van der Waals surface area contributed by atoms with Gasteiger partial charge < -0.3 is 15.1 Å². The summed E-state index contributed by atoms with van der Waals surface area (Å²) in [5.41, 5.74) is 1.11. The van der Waals surface area contributed by atoms with Crippen LogP contribution in [0.4, 0.5) is 0 Å². The molecule has 2 amide bonds. The molecule has 1 atom stereocenters. The molecule has 3 rings (SSSR count). The lowest BCUT2D eigenvalue weighted by molar-refractivity contribution is -0.683. The molecule has 0 aliphatic carbocycles. The Morgan fingerprint density at radius 1 is 1.15 bits per heavy atom. The molecule has 26 heavy (non-hydrogen) atoms. The summed E-state index contributed by atoms with van der Waals surface area (Å²) in [7, 11) is 0. The van der Waals surface area contributed by atoms with Gasteiger partial charge >= 0.3 is 0 Å². The Morgan fingerprint density at radius 3 is 2.54 bits per heavy atom. The maximum atomic E-state index is 12.5. The van der Waals surface area contributed by atoms with Gasteiger partial charge in [0.2, 0.25) is 0 Å². The molecule has 1 saturated heterocycles. The van der Waals surface area contributed by atoms with Crippen LogP contribution in [0, 0.1) is 0 Å². The highest BCUT2D eigenvalue weighted by Gasteiger charge is 2.26. The zero-order valence-corrected chi connectivity index (χ0v) is 16.3. The Balaban J connectivity index is 1.46. The molecule has 1 fully saturated rings. The fourth-order valence-corrected chi connectivity index (χ4v) is 3.94. The van der Waals surface area contributed by atoms with E-state index in [1.165, 1.54) is 11.3 Å². The molecule has 1 aliphatic rings. The van der Waals surface area contributed by atoms with E-state index in [1.54, 1.807) is 0 Å². The number of amides is 2. The van der Waals surface area contributed by atoms with Gasteiger partial charge in [0, 0.05) is 36.8 Å². The third-order valence-electron chi connectivity index (χ3n) is 4.67. The molecule has 5 nitrogen and oxygen atoms in total. The Morgan fingerprint density at radius 2 is 1.88 bits per heavy atom. The maximum Gasteiger partial charge on any atom is 0.277 e. The van der Waals surface area contributed by atoms with Crippen molar-refractivity contribution in [2.24, 2.45) is 0 Å². The van der Waals surface area contributed by atoms with Crippen molar-refractivity contribution >= 4 is 34.8 Å². The van der Waals surface area contributed by atoms with Gasteiger partial charge in [-0.1, -0.05) is 29.8 Å². The molecule has 0 saturated carbocycles. The fraction of sp³-hybridized carbons (Fsp3) is 0.368. The van der Waals surface area contributed by atoms with Crippen LogP contribution in [0.15, 0.2) is 41.8 Å². The number of rotatable bonds is 5. The number of piperazine rings is 1. The predicted octanol–water partition coefficient (Wildman–Crippen LogP) is 2.01. The van der Waals surface area contributed by atoms with Crippen LogP contribution in [-0.2, 0) is 4.79 Å². The van der Waals surface area contributed by atoms with Crippen molar-refractivity contribution < 1.29 is 14.9 Å². The van der Waals surface area contributed by atoms with Crippen molar-refractivity contribution in [3.63, 3.8) is 0 Å². The molecule has 138 valence electrons. The highest BCUT2D eigenvalue weighted by molar-refractivity contribution is 7.12. The highest BCUT2D eigenvalue weighted by Crippen LogP contribution is 2.15. The first-order valence-electron chi connectivity index (χ1n) is 8.74. The maximum absolute atomic E-state index is 12.5. The van der Waals surface area contributed by atoms with Crippen LogP contribution in [0.2, 0.25) is 5.02 Å². The summed E-state index contributed by atoms with van der Waals surface area (Å²) in [5.74, 6) is 0.176. The number of halogens is 1. The summed E-state index contributed by atoms with van der Waals surface area (Å²) < 4.78 is 0. The summed E-state index contributed by atoms with van der Waals surface area (Å²) in [6.45, 7) is 4.83. The number of carbonyl (C=O) groups excluding carboxylic acids is 2. The first kappa shape index (κ1) is 18.9. The fourth-order valence-electron chi connectivity index (χ4n) is 3.05. The average molecular weight is 393 g/mol. The Bertz CT molecular complexity index is 758. The molecule has 2 N–H and O–H groups in total. The van der Waals surface area contributed by atoms with Crippen LogP contribution in [0.25, 0.3) is 0 Å². The predicted molar refractivity (Wildman–Crippen MR) is 103 cm³/mol. The van der Waals surface area contributed by atoms with Crippen LogP contribution in [0.5, 0.6) is 0 Å². The molecule has 0 unspecified atom stereocenters. The summed E-state index contributed by atoms with van der Waals surface area (Å²) >= 11 is 7.48. The molecule has 1 aromatic heterocycles. The Hall–Kier alpha value is -1.89. The van der Waals surface area contributed by atoms with Crippen molar-refractivity contribution in [3.8, 4) is 0 Å². The van der Waals surface area contributed by atoms with Crippen molar-refractivity contribution in [2.45, 2.75) is 13.0 Å². The lowest BCUT2D eigenvalue weighted by Gasteiger charge is -2.34. The van der Waals surface area contributed by atoms with Crippen molar-refractivity contribution in [1.82, 2.24) is 9.80 Å². The number of hydrogen-bond acceptors (Lipinski definition) is 3. The third-order valence-corrected chi connectivity index (χ3v) is 5.76. The topological polar surface area (TPSA) is 57.2 Å². The van der Waals surface area contributed by atoms with Crippen LogP contribution < -0.4 is 5.32 Å². The zero-order valence-electron chi connectivity index (χ0n) is 14.7. The molecule has 7 heteroatoms. The lowest BCUT2D eigenvalue weighted by Crippen LogP contribution is -2.87. The van der Waals surface area contributed by atoms with E-state index in [2.05, 4.69) is 6.92 Å². The first-order chi connectivity index (χ1) is 12.5. The van der Waals surface area contributed by atoms with Gasteiger partial charge in [-0.3, -0.25) is 9.59 Å². The van der Waals surface area contributed by atoms with E-state index in [1.807, 2.05) is 56.9 Å². The molecule has 0 bridgehead atoms. The molecule has 2 aromatic rings. The second-order valence-electron chi connectivity index (χ2n) is 6.43. The van der Waals surface area contributed by atoms with Crippen LogP contribution in [0.1, 0.15) is 28.2 Å². The summed E-state index contributed by atoms with van der Waals surface area (Å²) in [6.07, 6.45) is 0. The van der Waals surface area contributed by atoms with Gasteiger partial charge in [-0.15, -0.1) is 11.3 Å². The molecular formula is C19H23ClN3O2S+. The number of nitrogens with zero attached hydrogens (tertiary/aromatic N) is 2. The molecule has 1 aliphatic heterocycles. The van der Waals surface area contributed by atoms with Crippen molar-refractivity contribution in [1.29, 1.82) is 0 Å². The SMILES string of the molecule is C[C@@H]([NH2+]CC(=O)N1CCN(C(=O)c2cccs2)CC1)c1cccc(Cl)c1. The minimum Gasteiger partial charge on any atom is -0.334 e. The molecule has 0 radical (unpaired) electrons. The number of quaternary nitrogens is 1. The Labute approximate surface area is 162 Å². The minimum atomic E-state index is 0.0632. The van der Waals surface area contributed by atoms with E-state index in [-0.39, 0.29) is 17.9 Å². The quantitative estimate of drug-likeness (QED) is 0.846. The highest BCUT2D eigenvalue weighted by atomic mass is 35.5. The van der Waals surface area contributed by atoms with Gasteiger partial charge in [0.15, 0.2) is 6.54 Å². The van der Waals surface area contributed by atoms with Gasteiger partial charge in [-0.25, -0.2) is 0 Å². The molecule has 2 heterocycles. The summed E-state index contributed by atoms with van der Waals surface area (Å²) in [4.78, 5) is 29.3. The summed E-state index contributed by atoms with van der Waals surface area (Å²) in [5, 5.41) is 4.64. The number of carbonyl (C=O) groups is 2. The minimum absolute atomic E-state index is 0.0632. The number of nitrogens with two attached hydrogens (primary N) is 1. The van der Waals surface area contributed by atoms with Crippen molar-refractivity contribution in [2.75, 3.05) is 32.7 Å². The molecular weight excluding hydrogens is 370 g/mol. The lowest BCUT2D eigenvalue weighted by atomic mass is 10.1. The summed E-state index contributed by atoms with van der Waals surface area (Å²) in [6, 6.07) is 11.6.